The van der Waals surface area contributed by atoms with E-state index in [4.69, 9.17) is 4.74 Å². The fourth-order valence-corrected chi connectivity index (χ4v) is 6.14. The lowest BCUT2D eigenvalue weighted by Gasteiger charge is -2.27. The SMILES string of the molecule is c1csc(-c2ccc(CC3C[C@@H]4CN(CC5CCOCC5)C[C@@H]4C3)nn2)c1. The van der Waals surface area contributed by atoms with Crippen molar-refractivity contribution in [2.24, 2.45) is 23.7 Å². The van der Waals surface area contributed by atoms with E-state index in [2.05, 4.69) is 44.7 Å². The number of thiophene rings is 1. The van der Waals surface area contributed by atoms with E-state index in [0.717, 1.165) is 49.0 Å². The van der Waals surface area contributed by atoms with E-state index < -0.39 is 0 Å². The second-order valence-corrected chi connectivity index (χ2v) is 9.67. The Hall–Kier alpha value is -1.30. The number of likely N-dealkylation sites (tertiary alicyclic amines) is 1. The van der Waals surface area contributed by atoms with Gasteiger partial charge in [-0.2, -0.15) is 5.10 Å². The lowest BCUT2D eigenvalue weighted by atomic mass is 9.98. The zero-order valence-electron chi connectivity index (χ0n) is 15.9. The largest absolute Gasteiger partial charge is 0.381 e. The average Bonchev–Trinajstić information content (AvgIpc) is 3.40. The fraction of sp³-hybridized carbons (Fsp3) is 0.636. The van der Waals surface area contributed by atoms with Crippen LogP contribution in [-0.4, -0.2) is 47.9 Å². The van der Waals surface area contributed by atoms with E-state index in [1.807, 2.05) is 0 Å². The average molecular weight is 384 g/mol. The molecule has 3 aliphatic rings. The Kier molecular flexibility index (Phi) is 5.25. The molecule has 0 aromatic carbocycles. The monoisotopic (exact) mass is 383 g/mol. The molecule has 144 valence electrons. The van der Waals surface area contributed by atoms with Crippen LogP contribution in [0.2, 0.25) is 0 Å². The van der Waals surface area contributed by atoms with Crippen LogP contribution in [0.15, 0.2) is 29.6 Å². The zero-order chi connectivity index (χ0) is 18.1. The molecule has 4 heterocycles. The van der Waals surface area contributed by atoms with E-state index in [-0.39, 0.29) is 0 Å². The highest BCUT2D eigenvalue weighted by atomic mass is 32.1. The number of hydrogen-bond donors (Lipinski definition) is 0. The highest BCUT2D eigenvalue weighted by Gasteiger charge is 2.41. The van der Waals surface area contributed by atoms with Crippen LogP contribution in [0.25, 0.3) is 10.6 Å². The van der Waals surface area contributed by atoms with Crippen molar-refractivity contribution in [2.45, 2.75) is 32.1 Å². The summed E-state index contributed by atoms with van der Waals surface area (Å²) in [7, 11) is 0. The summed E-state index contributed by atoms with van der Waals surface area (Å²) in [4.78, 5) is 3.95. The Bertz CT molecular complexity index is 713. The van der Waals surface area contributed by atoms with Crippen LogP contribution in [0.4, 0.5) is 0 Å². The molecule has 2 aromatic rings. The molecule has 2 aromatic heterocycles. The van der Waals surface area contributed by atoms with Gasteiger partial charge in [-0.3, -0.25) is 0 Å². The highest BCUT2D eigenvalue weighted by molar-refractivity contribution is 7.13. The quantitative estimate of drug-likeness (QED) is 0.778. The number of ether oxygens (including phenoxy) is 1. The van der Waals surface area contributed by atoms with Crippen LogP contribution in [0.1, 0.15) is 31.4 Å². The van der Waals surface area contributed by atoms with Gasteiger partial charge in [0.25, 0.3) is 0 Å². The minimum atomic E-state index is 0.798. The normalized spacial score (nSPS) is 29.3. The van der Waals surface area contributed by atoms with Crippen molar-refractivity contribution in [3.63, 3.8) is 0 Å². The van der Waals surface area contributed by atoms with Crippen molar-refractivity contribution < 1.29 is 4.74 Å². The molecule has 4 nitrogen and oxygen atoms in total. The van der Waals surface area contributed by atoms with E-state index in [9.17, 15) is 0 Å². The minimum Gasteiger partial charge on any atom is -0.381 e. The second kappa shape index (κ2) is 7.98. The summed E-state index contributed by atoms with van der Waals surface area (Å²) in [5.74, 6) is 3.49. The molecule has 1 unspecified atom stereocenters. The first kappa shape index (κ1) is 17.8. The van der Waals surface area contributed by atoms with Gasteiger partial charge in [0.15, 0.2) is 0 Å². The van der Waals surface area contributed by atoms with Crippen molar-refractivity contribution in [3.8, 4) is 10.6 Å². The third kappa shape index (κ3) is 4.10. The first-order valence-electron chi connectivity index (χ1n) is 10.5. The van der Waals surface area contributed by atoms with Crippen molar-refractivity contribution in [1.82, 2.24) is 15.1 Å². The number of aromatic nitrogens is 2. The molecule has 0 bridgehead atoms. The molecule has 1 aliphatic carbocycles. The Morgan fingerprint density at radius 3 is 2.48 bits per heavy atom. The fourth-order valence-electron chi connectivity index (χ4n) is 5.45. The molecule has 0 N–H and O–H groups in total. The standard InChI is InChI=1S/C22H29N3OS/c1-2-22(27-9-1)21-4-3-20(23-24-21)12-17-10-18-14-25(15-19(18)11-17)13-16-5-7-26-8-6-16/h1-4,9,16-19H,5-8,10-15H2/t17?,18-,19+. The first-order valence-corrected chi connectivity index (χ1v) is 11.4. The Labute approximate surface area is 166 Å². The molecule has 0 spiro atoms. The third-order valence-electron chi connectivity index (χ3n) is 6.77. The van der Waals surface area contributed by atoms with E-state index >= 15 is 0 Å². The predicted octanol–water partition coefficient (Wildman–Crippen LogP) is 4.13. The van der Waals surface area contributed by atoms with Crippen molar-refractivity contribution >= 4 is 11.3 Å². The Balaban J connectivity index is 1.12. The molecule has 0 radical (unpaired) electrons. The topological polar surface area (TPSA) is 38.2 Å². The van der Waals surface area contributed by atoms with Crippen LogP contribution >= 0.6 is 11.3 Å². The third-order valence-corrected chi connectivity index (χ3v) is 7.67. The number of hydrogen-bond acceptors (Lipinski definition) is 5. The van der Waals surface area contributed by atoms with E-state index in [1.165, 1.54) is 55.9 Å². The Morgan fingerprint density at radius 2 is 1.81 bits per heavy atom. The van der Waals surface area contributed by atoms with Crippen LogP contribution < -0.4 is 0 Å². The van der Waals surface area contributed by atoms with Crippen molar-refractivity contribution in [1.29, 1.82) is 0 Å². The summed E-state index contributed by atoms with van der Waals surface area (Å²) >= 11 is 1.72. The molecular weight excluding hydrogens is 354 g/mol. The van der Waals surface area contributed by atoms with Gasteiger partial charge in [-0.15, -0.1) is 16.4 Å². The lowest BCUT2D eigenvalue weighted by molar-refractivity contribution is 0.0544. The van der Waals surface area contributed by atoms with Gasteiger partial charge < -0.3 is 9.64 Å². The van der Waals surface area contributed by atoms with Gasteiger partial charge in [-0.25, -0.2) is 0 Å². The molecule has 0 amide bonds. The molecule has 27 heavy (non-hydrogen) atoms. The summed E-state index contributed by atoms with van der Waals surface area (Å²) in [5, 5.41) is 11.1. The molecule has 5 heteroatoms. The smallest absolute Gasteiger partial charge is 0.103 e. The maximum atomic E-state index is 5.51. The second-order valence-electron chi connectivity index (χ2n) is 8.72. The summed E-state index contributed by atoms with van der Waals surface area (Å²) < 4.78 is 5.51. The number of rotatable bonds is 5. The van der Waals surface area contributed by atoms with Crippen molar-refractivity contribution in [3.05, 3.63) is 35.3 Å². The maximum Gasteiger partial charge on any atom is 0.103 e. The van der Waals surface area contributed by atoms with Gasteiger partial charge in [-0.05, 0) is 79.4 Å². The maximum absolute atomic E-state index is 5.51. The van der Waals surface area contributed by atoms with Crippen LogP contribution in [0.3, 0.4) is 0 Å². The van der Waals surface area contributed by atoms with Gasteiger partial charge in [0.2, 0.25) is 0 Å². The van der Waals surface area contributed by atoms with Gasteiger partial charge in [0, 0.05) is 32.8 Å². The molecule has 1 saturated carbocycles. The molecule has 2 aliphatic heterocycles. The molecule has 2 saturated heterocycles. The van der Waals surface area contributed by atoms with Gasteiger partial charge >= 0.3 is 0 Å². The Morgan fingerprint density at radius 1 is 1.00 bits per heavy atom. The minimum absolute atomic E-state index is 0.798. The number of nitrogens with zero attached hydrogens (tertiary/aromatic N) is 3. The summed E-state index contributed by atoms with van der Waals surface area (Å²) in [6, 6.07) is 8.50. The molecular formula is C22H29N3OS. The van der Waals surface area contributed by atoms with Gasteiger partial charge in [0.1, 0.15) is 5.69 Å². The van der Waals surface area contributed by atoms with Crippen LogP contribution in [0.5, 0.6) is 0 Å². The first-order chi connectivity index (χ1) is 13.3. The summed E-state index contributed by atoms with van der Waals surface area (Å²) in [6.07, 6.45) is 6.38. The zero-order valence-corrected chi connectivity index (χ0v) is 16.7. The van der Waals surface area contributed by atoms with E-state index in [1.54, 1.807) is 11.3 Å². The highest BCUT2D eigenvalue weighted by Crippen LogP contribution is 2.43. The van der Waals surface area contributed by atoms with Gasteiger partial charge in [0.05, 0.1) is 10.6 Å². The molecule has 3 fully saturated rings. The summed E-state index contributed by atoms with van der Waals surface area (Å²) in [6.45, 7) is 5.89. The number of fused-ring (bicyclic) bond motifs is 1. The van der Waals surface area contributed by atoms with Crippen LogP contribution in [0, 0.1) is 23.7 Å². The van der Waals surface area contributed by atoms with E-state index in [0.29, 0.717) is 0 Å². The predicted molar refractivity (Wildman–Crippen MR) is 109 cm³/mol. The summed E-state index contributed by atoms with van der Waals surface area (Å²) in [5.41, 5.74) is 2.17. The van der Waals surface area contributed by atoms with Gasteiger partial charge in [-0.1, -0.05) is 6.07 Å². The van der Waals surface area contributed by atoms with Crippen LogP contribution in [-0.2, 0) is 11.2 Å². The lowest BCUT2D eigenvalue weighted by Crippen LogP contribution is -2.31. The molecule has 5 rings (SSSR count). The molecule has 3 atom stereocenters. The van der Waals surface area contributed by atoms with Crippen molar-refractivity contribution in [2.75, 3.05) is 32.8 Å².